The van der Waals surface area contributed by atoms with Crippen molar-refractivity contribution in [1.29, 1.82) is 0 Å². The first kappa shape index (κ1) is 39.5. The summed E-state index contributed by atoms with van der Waals surface area (Å²) < 4.78 is 0. The third-order valence-electron chi connectivity index (χ3n) is 17.4. The van der Waals surface area contributed by atoms with Crippen LogP contribution in [0.2, 0.25) is 0 Å². The maximum atomic E-state index is 2.54. The van der Waals surface area contributed by atoms with E-state index >= 15 is 0 Å². The highest BCUT2D eigenvalue weighted by molar-refractivity contribution is 5.90. The Labute approximate surface area is 365 Å². The number of hydrogen-bond donors (Lipinski definition) is 0. The van der Waals surface area contributed by atoms with Crippen LogP contribution in [0.5, 0.6) is 0 Å². The van der Waals surface area contributed by atoms with Gasteiger partial charge in [0.2, 0.25) is 0 Å². The Bertz CT molecular complexity index is 2790. The van der Waals surface area contributed by atoms with E-state index in [4.69, 9.17) is 0 Å². The second-order valence-electron chi connectivity index (χ2n) is 21.5. The molecule has 0 aromatic heterocycles. The van der Waals surface area contributed by atoms with Gasteiger partial charge in [-0.15, -0.1) is 0 Å². The van der Waals surface area contributed by atoms with E-state index in [0.717, 1.165) is 0 Å². The lowest BCUT2D eigenvalue weighted by Crippen LogP contribution is -2.43. The summed E-state index contributed by atoms with van der Waals surface area (Å²) in [7, 11) is 0. The van der Waals surface area contributed by atoms with Gasteiger partial charge < -0.3 is 4.90 Å². The van der Waals surface area contributed by atoms with Gasteiger partial charge in [-0.25, -0.2) is 0 Å². The Balaban J connectivity index is 1.21. The molecule has 10 rings (SSSR count). The molecule has 7 aromatic carbocycles. The minimum atomic E-state index is -0.166. The second-order valence-corrected chi connectivity index (χ2v) is 21.5. The first-order chi connectivity index (χ1) is 28.8. The molecule has 0 N–H and O–H groups in total. The molecule has 61 heavy (non-hydrogen) atoms. The number of hydrogen-bond acceptors (Lipinski definition) is 1. The van der Waals surface area contributed by atoms with Gasteiger partial charge in [-0.3, -0.25) is 0 Å². The topological polar surface area (TPSA) is 3.24 Å². The summed E-state index contributed by atoms with van der Waals surface area (Å²) in [6.45, 7) is 29.2. The molecule has 0 atom stereocenters. The summed E-state index contributed by atoms with van der Waals surface area (Å²) in [5, 5.41) is 0. The van der Waals surface area contributed by atoms with Crippen molar-refractivity contribution < 1.29 is 0 Å². The van der Waals surface area contributed by atoms with Crippen LogP contribution in [-0.4, -0.2) is 0 Å². The van der Waals surface area contributed by atoms with Crippen molar-refractivity contribution >= 4 is 17.1 Å². The SMILES string of the molecule is CC1(C)c2ccccc2-c2cc(N(c3ccc4c(c3)-c3ccccc3C(C)(C)C4(C)C)c3ccc4c(c3)C(C)(C)C(C)(C)c3cc(-c5ccccc5)ccc3-4)ccc2C1(C)C. The molecule has 0 fully saturated rings. The zero-order valence-electron chi connectivity index (χ0n) is 38.4. The molecule has 0 heterocycles. The third kappa shape index (κ3) is 5.32. The van der Waals surface area contributed by atoms with Gasteiger partial charge in [0.25, 0.3) is 0 Å². The summed E-state index contributed by atoms with van der Waals surface area (Å²) >= 11 is 0. The zero-order chi connectivity index (χ0) is 43.1. The van der Waals surface area contributed by atoms with E-state index in [1.165, 1.54) is 95.0 Å². The fourth-order valence-corrected chi connectivity index (χ4v) is 11.4. The summed E-state index contributed by atoms with van der Waals surface area (Å²) in [4.78, 5) is 2.54. The fraction of sp³-hybridized carbons (Fsp3) is 0.300. The van der Waals surface area contributed by atoms with Crippen LogP contribution < -0.4 is 4.90 Å². The summed E-state index contributed by atoms with van der Waals surface area (Å²) in [5.74, 6) is 0. The zero-order valence-corrected chi connectivity index (χ0v) is 38.4. The van der Waals surface area contributed by atoms with Gasteiger partial charge in [-0.2, -0.15) is 0 Å². The average Bonchev–Trinajstić information content (AvgIpc) is 3.25. The molecule has 0 saturated carbocycles. The van der Waals surface area contributed by atoms with Crippen molar-refractivity contribution in [2.45, 2.75) is 116 Å². The monoisotopic (exact) mass is 795 g/mol. The summed E-state index contributed by atoms with van der Waals surface area (Å²) in [5.41, 5.74) is 22.0. The highest BCUT2D eigenvalue weighted by Crippen LogP contribution is 2.59. The number of fused-ring (bicyclic) bond motifs is 9. The molecular formula is C60H61N. The molecule has 1 nitrogen and oxygen atoms in total. The van der Waals surface area contributed by atoms with Crippen LogP contribution in [-0.2, 0) is 32.5 Å². The lowest BCUT2D eigenvalue weighted by atomic mass is 9.55. The minimum Gasteiger partial charge on any atom is -0.310 e. The maximum Gasteiger partial charge on any atom is 0.0468 e. The molecule has 0 aliphatic heterocycles. The van der Waals surface area contributed by atoms with E-state index in [1.807, 2.05) is 0 Å². The highest BCUT2D eigenvalue weighted by atomic mass is 15.1. The molecule has 0 unspecified atom stereocenters. The Morgan fingerprint density at radius 3 is 1.08 bits per heavy atom. The second kappa shape index (κ2) is 12.9. The quantitative estimate of drug-likeness (QED) is 0.172. The van der Waals surface area contributed by atoms with Gasteiger partial charge in [-0.1, -0.05) is 192 Å². The largest absolute Gasteiger partial charge is 0.310 e. The van der Waals surface area contributed by atoms with Crippen molar-refractivity contribution in [2.75, 3.05) is 4.90 Å². The van der Waals surface area contributed by atoms with Gasteiger partial charge in [0, 0.05) is 17.1 Å². The molecule has 0 spiro atoms. The molecule has 7 aromatic rings. The van der Waals surface area contributed by atoms with Crippen molar-refractivity contribution in [2.24, 2.45) is 0 Å². The Morgan fingerprint density at radius 2 is 0.590 bits per heavy atom. The Morgan fingerprint density at radius 1 is 0.246 bits per heavy atom. The lowest BCUT2D eigenvalue weighted by molar-refractivity contribution is 0.299. The number of anilines is 3. The van der Waals surface area contributed by atoms with Crippen molar-refractivity contribution in [1.82, 2.24) is 0 Å². The average molecular weight is 796 g/mol. The predicted molar refractivity (Wildman–Crippen MR) is 261 cm³/mol. The van der Waals surface area contributed by atoms with Crippen molar-refractivity contribution in [3.63, 3.8) is 0 Å². The van der Waals surface area contributed by atoms with Crippen molar-refractivity contribution in [3.8, 4) is 44.5 Å². The predicted octanol–water partition coefficient (Wildman–Crippen LogP) is 16.5. The minimum absolute atomic E-state index is 0.0285. The smallest absolute Gasteiger partial charge is 0.0468 e. The van der Waals surface area contributed by atoms with E-state index in [0.29, 0.717) is 0 Å². The van der Waals surface area contributed by atoms with Gasteiger partial charge >= 0.3 is 0 Å². The van der Waals surface area contributed by atoms with Gasteiger partial charge in [-0.05, 0) is 153 Å². The Kier molecular flexibility index (Phi) is 8.37. The van der Waals surface area contributed by atoms with Crippen LogP contribution in [0.15, 0.2) is 152 Å². The summed E-state index contributed by atoms with van der Waals surface area (Å²) in [6, 6.07) is 58.1. The molecule has 3 aliphatic rings. The molecule has 0 amide bonds. The number of nitrogens with zero attached hydrogens (tertiary/aromatic N) is 1. The van der Waals surface area contributed by atoms with Crippen LogP contribution in [0.4, 0.5) is 17.1 Å². The van der Waals surface area contributed by atoms with Gasteiger partial charge in [0.1, 0.15) is 0 Å². The van der Waals surface area contributed by atoms with Crippen LogP contribution in [0, 0.1) is 0 Å². The lowest BCUT2D eigenvalue weighted by Gasteiger charge is -2.49. The Hall–Kier alpha value is -5.66. The van der Waals surface area contributed by atoms with E-state index in [-0.39, 0.29) is 32.5 Å². The van der Waals surface area contributed by atoms with Crippen molar-refractivity contribution in [3.05, 3.63) is 185 Å². The number of rotatable bonds is 4. The number of benzene rings is 7. The molecule has 1 heteroatoms. The molecule has 0 radical (unpaired) electrons. The first-order valence-corrected chi connectivity index (χ1v) is 22.4. The molecule has 3 aliphatic carbocycles. The van der Waals surface area contributed by atoms with E-state index in [1.54, 1.807) is 0 Å². The normalized spacial score (nSPS) is 18.6. The van der Waals surface area contributed by atoms with Crippen LogP contribution in [0.1, 0.15) is 116 Å². The van der Waals surface area contributed by atoms with Crippen LogP contribution in [0.3, 0.4) is 0 Å². The van der Waals surface area contributed by atoms with Gasteiger partial charge in [0.15, 0.2) is 0 Å². The third-order valence-corrected chi connectivity index (χ3v) is 17.4. The van der Waals surface area contributed by atoms with Gasteiger partial charge in [0.05, 0.1) is 0 Å². The van der Waals surface area contributed by atoms with Crippen LogP contribution in [0.25, 0.3) is 44.5 Å². The molecule has 0 saturated heterocycles. The highest BCUT2D eigenvalue weighted by Gasteiger charge is 2.49. The molecular weight excluding hydrogens is 735 g/mol. The fourth-order valence-electron chi connectivity index (χ4n) is 11.4. The van der Waals surface area contributed by atoms with E-state index < -0.39 is 0 Å². The molecule has 306 valence electrons. The maximum absolute atomic E-state index is 2.54. The van der Waals surface area contributed by atoms with E-state index in [2.05, 4.69) is 240 Å². The first-order valence-electron chi connectivity index (χ1n) is 22.4. The van der Waals surface area contributed by atoms with E-state index in [9.17, 15) is 0 Å². The standard InChI is InChI=1S/C60H61N/c1-55(2)49-24-18-16-22-43(49)47-35-40(28-32-51(47)57(55,5)6)61(41-29-33-52-48(36-41)44-23-17-19-25-50(44)56(3,4)58(52,7)8)42-27-31-46-45-30-26-39(38-20-14-13-15-21-38)34-53(45)59(9,10)60(11,12)54(46)37-42/h13-37H,1-12H3. The summed E-state index contributed by atoms with van der Waals surface area (Å²) in [6.07, 6.45) is 0. The molecule has 0 bridgehead atoms. The van der Waals surface area contributed by atoms with Crippen LogP contribution >= 0.6 is 0 Å².